The molecule has 0 saturated heterocycles. The fourth-order valence-corrected chi connectivity index (χ4v) is 4.02. The van der Waals surface area contributed by atoms with E-state index in [9.17, 15) is 4.79 Å². The van der Waals surface area contributed by atoms with Gasteiger partial charge in [-0.1, -0.05) is 12.1 Å². The van der Waals surface area contributed by atoms with Crippen molar-refractivity contribution in [2.45, 2.75) is 6.92 Å². The van der Waals surface area contributed by atoms with Gasteiger partial charge >= 0.3 is 0 Å². The van der Waals surface area contributed by atoms with Crippen LogP contribution in [0.5, 0.6) is 11.5 Å². The van der Waals surface area contributed by atoms with Gasteiger partial charge in [-0.2, -0.15) is 0 Å². The Morgan fingerprint density at radius 1 is 1.07 bits per heavy atom. The molecule has 3 N–H and O–H groups in total. The largest absolute Gasteiger partial charge is 0.497 e. The number of amides is 1. The molecule has 0 aliphatic heterocycles. The number of pyridine rings is 1. The smallest absolute Gasteiger partial charge is 0.267 e. The highest BCUT2D eigenvalue weighted by Gasteiger charge is 2.18. The Morgan fingerprint density at radius 2 is 1.79 bits per heavy atom. The van der Waals surface area contributed by atoms with E-state index >= 15 is 0 Å². The molecule has 4 rings (SSSR count). The number of carbonyl (C=O) groups excluding carboxylic acids is 1. The molecule has 0 bridgehead atoms. The van der Waals surface area contributed by atoms with Crippen molar-refractivity contribution < 1.29 is 14.3 Å². The maximum Gasteiger partial charge on any atom is 0.267 e. The van der Waals surface area contributed by atoms with E-state index in [0.717, 1.165) is 26.7 Å². The van der Waals surface area contributed by atoms with Gasteiger partial charge < -0.3 is 20.5 Å². The minimum atomic E-state index is -0.295. The lowest BCUT2D eigenvalue weighted by molar-refractivity contribution is 0.103. The molecule has 142 valence electrons. The number of thiophene rings is 1. The SMILES string of the molecule is COc1cc(NC(=O)c2sc3nc4cc(C)ccc4cc3c2N)cc(OC)c1. The minimum Gasteiger partial charge on any atom is -0.497 e. The van der Waals surface area contributed by atoms with Gasteiger partial charge in [-0.3, -0.25) is 4.79 Å². The number of hydrogen-bond donors (Lipinski definition) is 2. The summed E-state index contributed by atoms with van der Waals surface area (Å²) in [5.41, 5.74) is 9.30. The van der Waals surface area contributed by atoms with Crippen LogP contribution in [0, 0.1) is 6.92 Å². The second kappa shape index (κ2) is 7.01. The third-order valence-corrected chi connectivity index (χ3v) is 5.60. The molecule has 0 unspecified atom stereocenters. The zero-order chi connectivity index (χ0) is 19.8. The molecule has 2 heterocycles. The Balaban J connectivity index is 1.73. The van der Waals surface area contributed by atoms with Gasteiger partial charge in [0.15, 0.2) is 0 Å². The van der Waals surface area contributed by atoms with E-state index in [4.69, 9.17) is 15.2 Å². The maximum absolute atomic E-state index is 12.9. The lowest BCUT2D eigenvalue weighted by atomic mass is 10.1. The molecule has 2 aromatic carbocycles. The standard InChI is InChI=1S/C21H19N3O3S/c1-11-4-5-12-7-16-18(22)19(28-21(16)24-17(12)6-11)20(25)23-13-8-14(26-2)10-15(9-13)27-3/h4-10H,22H2,1-3H3,(H,23,25). The van der Waals surface area contributed by atoms with Gasteiger partial charge in [0.25, 0.3) is 5.91 Å². The van der Waals surface area contributed by atoms with E-state index in [1.165, 1.54) is 11.3 Å². The zero-order valence-corrected chi connectivity index (χ0v) is 16.5. The summed E-state index contributed by atoms with van der Waals surface area (Å²) in [5, 5.41) is 4.64. The second-order valence-corrected chi connectivity index (χ2v) is 7.44. The molecule has 0 aliphatic carbocycles. The normalized spacial score (nSPS) is 11.0. The molecular weight excluding hydrogens is 374 g/mol. The number of aromatic nitrogens is 1. The minimum absolute atomic E-state index is 0.295. The van der Waals surface area contributed by atoms with Gasteiger partial charge in [-0.25, -0.2) is 4.98 Å². The first-order valence-corrected chi connectivity index (χ1v) is 9.44. The van der Waals surface area contributed by atoms with Crippen LogP contribution in [0.2, 0.25) is 0 Å². The van der Waals surface area contributed by atoms with E-state index in [0.29, 0.717) is 27.8 Å². The summed E-state index contributed by atoms with van der Waals surface area (Å²) in [6.07, 6.45) is 0. The van der Waals surface area contributed by atoms with E-state index in [1.54, 1.807) is 32.4 Å². The number of carbonyl (C=O) groups is 1. The van der Waals surface area contributed by atoms with Crippen LogP contribution in [0.3, 0.4) is 0 Å². The zero-order valence-electron chi connectivity index (χ0n) is 15.7. The summed E-state index contributed by atoms with van der Waals surface area (Å²) in [4.78, 5) is 18.7. The van der Waals surface area contributed by atoms with Crippen LogP contribution in [-0.4, -0.2) is 25.1 Å². The highest BCUT2D eigenvalue weighted by molar-refractivity contribution is 7.21. The van der Waals surface area contributed by atoms with E-state index in [1.807, 2.05) is 31.2 Å². The third-order valence-electron chi connectivity index (χ3n) is 4.49. The monoisotopic (exact) mass is 393 g/mol. The fourth-order valence-electron chi connectivity index (χ4n) is 3.04. The quantitative estimate of drug-likeness (QED) is 0.529. The summed E-state index contributed by atoms with van der Waals surface area (Å²) < 4.78 is 10.5. The number of nitrogens with zero attached hydrogens (tertiary/aromatic N) is 1. The summed E-state index contributed by atoms with van der Waals surface area (Å²) in [6, 6.07) is 13.2. The van der Waals surface area contributed by atoms with E-state index in [2.05, 4.69) is 10.3 Å². The van der Waals surface area contributed by atoms with Crippen molar-refractivity contribution in [1.29, 1.82) is 0 Å². The number of fused-ring (bicyclic) bond motifs is 2. The second-order valence-electron chi connectivity index (χ2n) is 6.44. The van der Waals surface area contributed by atoms with Crippen molar-refractivity contribution in [3.8, 4) is 11.5 Å². The molecule has 6 nitrogen and oxygen atoms in total. The number of nitrogens with two attached hydrogens (primary N) is 1. The van der Waals surface area contributed by atoms with Crippen molar-refractivity contribution in [3.05, 3.63) is 52.9 Å². The summed E-state index contributed by atoms with van der Waals surface area (Å²) in [6.45, 7) is 2.02. The van der Waals surface area contributed by atoms with Crippen LogP contribution < -0.4 is 20.5 Å². The van der Waals surface area contributed by atoms with Crippen molar-refractivity contribution in [3.63, 3.8) is 0 Å². The number of nitrogens with one attached hydrogen (secondary N) is 1. The lowest BCUT2D eigenvalue weighted by Gasteiger charge is -2.09. The van der Waals surface area contributed by atoms with Crippen LogP contribution in [0.25, 0.3) is 21.1 Å². The van der Waals surface area contributed by atoms with Gasteiger partial charge in [0, 0.05) is 34.7 Å². The first-order chi connectivity index (χ1) is 13.5. The average molecular weight is 393 g/mol. The van der Waals surface area contributed by atoms with Crippen molar-refractivity contribution in [2.24, 2.45) is 0 Å². The summed E-state index contributed by atoms with van der Waals surface area (Å²) in [7, 11) is 3.12. The predicted molar refractivity (Wildman–Crippen MR) is 114 cm³/mol. The van der Waals surface area contributed by atoms with Crippen LogP contribution >= 0.6 is 11.3 Å². The van der Waals surface area contributed by atoms with Crippen molar-refractivity contribution >= 4 is 49.7 Å². The number of nitrogen functional groups attached to an aromatic ring is 1. The Labute approximate surface area is 165 Å². The van der Waals surface area contributed by atoms with E-state index < -0.39 is 0 Å². The number of hydrogen-bond acceptors (Lipinski definition) is 6. The fraction of sp³-hybridized carbons (Fsp3) is 0.143. The maximum atomic E-state index is 12.9. The van der Waals surface area contributed by atoms with Crippen LogP contribution in [0.1, 0.15) is 15.2 Å². The molecule has 0 atom stereocenters. The van der Waals surface area contributed by atoms with Gasteiger partial charge in [-0.05, 0) is 24.6 Å². The molecular formula is C21H19N3O3S. The molecule has 0 saturated carbocycles. The van der Waals surface area contributed by atoms with Crippen LogP contribution in [0.4, 0.5) is 11.4 Å². The molecule has 0 fully saturated rings. The van der Waals surface area contributed by atoms with Crippen molar-refractivity contribution in [1.82, 2.24) is 4.98 Å². The van der Waals surface area contributed by atoms with Gasteiger partial charge in [0.05, 0.1) is 25.4 Å². The molecule has 2 aromatic heterocycles. The predicted octanol–water partition coefficient (Wildman–Crippen LogP) is 4.61. The Bertz CT molecular complexity index is 1190. The first kappa shape index (κ1) is 18.1. The van der Waals surface area contributed by atoms with Crippen LogP contribution in [0.15, 0.2) is 42.5 Å². The third kappa shape index (κ3) is 3.20. The molecule has 0 radical (unpaired) electrons. The number of methoxy groups -OCH3 is 2. The first-order valence-electron chi connectivity index (χ1n) is 8.62. The van der Waals surface area contributed by atoms with Gasteiger partial charge in [0.1, 0.15) is 21.2 Å². The number of anilines is 2. The number of aryl methyl sites for hydroxylation is 1. The highest BCUT2D eigenvalue weighted by atomic mass is 32.1. The lowest BCUT2D eigenvalue weighted by Crippen LogP contribution is -2.12. The Hall–Kier alpha value is -3.32. The van der Waals surface area contributed by atoms with Crippen molar-refractivity contribution in [2.75, 3.05) is 25.3 Å². The number of benzene rings is 2. The van der Waals surface area contributed by atoms with Gasteiger partial charge in [0.2, 0.25) is 0 Å². The molecule has 4 aromatic rings. The summed E-state index contributed by atoms with van der Waals surface area (Å²) >= 11 is 1.28. The summed E-state index contributed by atoms with van der Waals surface area (Å²) in [5.74, 6) is 0.876. The van der Waals surface area contributed by atoms with E-state index in [-0.39, 0.29) is 5.91 Å². The molecule has 0 spiro atoms. The average Bonchev–Trinajstić information content (AvgIpc) is 3.01. The Morgan fingerprint density at radius 3 is 2.46 bits per heavy atom. The number of ether oxygens (including phenoxy) is 2. The highest BCUT2D eigenvalue weighted by Crippen LogP contribution is 2.35. The van der Waals surface area contributed by atoms with Crippen LogP contribution in [-0.2, 0) is 0 Å². The molecule has 0 aliphatic rings. The molecule has 7 heteroatoms. The number of rotatable bonds is 4. The molecule has 1 amide bonds. The Kier molecular flexibility index (Phi) is 4.52. The molecule has 28 heavy (non-hydrogen) atoms. The topological polar surface area (TPSA) is 86.5 Å². The van der Waals surface area contributed by atoms with Gasteiger partial charge in [-0.15, -0.1) is 11.3 Å².